The number of nitrogens with zero attached hydrogens (tertiary/aromatic N) is 3. The lowest BCUT2D eigenvalue weighted by molar-refractivity contribution is -0.122. The Hall–Kier alpha value is -2.21. The predicted octanol–water partition coefficient (Wildman–Crippen LogP) is 2.72. The van der Waals surface area contributed by atoms with Gasteiger partial charge in [0.15, 0.2) is 0 Å². The molecule has 28 heavy (non-hydrogen) atoms. The van der Waals surface area contributed by atoms with Crippen molar-refractivity contribution in [1.82, 2.24) is 19.8 Å². The average Bonchev–Trinajstić information content (AvgIpc) is 2.66. The van der Waals surface area contributed by atoms with Crippen molar-refractivity contribution in [3.8, 4) is 0 Å². The summed E-state index contributed by atoms with van der Waals surface area (Å²) < 4.78 is 1.53. The van der Waals surface area contributed by atoms with E-state index in [2.05, 4.69) is 36.0 Å². The number of amides is 1. The first-order valence-electron chi connectivity index (χ1n) is 10.2. The third kappa shape index (κ3) is 4.61. The van der Waals surface area contributed by atoms with Gasteiger partial charge in [0.2, 0.25) is 5.91 Å². The number of benzene rings is 1. The molecule has 0 aliphatic carbocycles. The molecule has 1 N–H and O–H groups in total. The highest BCUT2D eigenvalue weighted by Gasteiger charge is 2.30. The second kappa shape index (κ2) is 8.43. The summed E-state index contributed by atoms with van der Waals surface area (Å²) in [6.45, 7) is 11.7. The molecule has 0 saturated carbocycles. The van der Waals surface area contributed by atoms with E-state index in [1.54, 1.807) is 12.4 Å². The first-order chi connectivity index (χ1) is 13.3. The van der Waals surface area contributed by atoms with E-state index in [-0.39, 0.29) is 23.4 Å². The minimum absolute atomic E-state index is 0.0330. The molecule has 1 unspecified atom stereocenters. The van der Waals surface area contributed by atoms with Crippen LogP contribution in [0.2, 0.25) is 0 Å². The van der Waals surface area contributed by atoms with Gasteiger partial charge < -0.3 is 5.32 Å². The van der Waals surface area contributed by atoms with E-state index in [9.17, 15) is 9.59 Å². The van der Waals surface area contributed by atoms with E-state index >= 15 is 0 Å². The first-order valence-corrected chi connectivity index (χ1v) is 10.2. The number of nitrogens with one attached hydrogen (secondary N) is 1. The van der Waals surface area contributed by atoms with E-state index in [0.29, 0.717) is 24.4 Å². The zero-order chi connectivity index (χ0) is 20.3. The number of piperidine rings is 1. The maximum Gasteiger partial charge on any atom is 0.261 e. The normalized spacial score (nSPS) is 18.4. The lowest BCUT2D eigenvalue weighted by Gasteiger charge is -2.43. The number of likely N-dealkylation sites (tertiary alicyclic amines) is 1. The van der Waals surface area contributed by atoms with E-state index in [0.717, 1.165) is 24.2 Å². The molecule has 1 fully saturated rings. The second-order valence-electron chi connectivity index (χ2n) is 8.75. The van der Waals surface area contributed by atoms with E-state index in [1.807, 2.05) is 19.1 Å². The minimum atomic E-state index is -0.0934. The number of hydrogen-bond acceptors (Lipinski definition) is 4. The fraction of sp³-hybridized carbons (Fsp3) is 0.591. The summed E-state index contributed by atoms with van der Waals surface area (Å²) in [6, 6.07) is 5.59. The Labute approximate surface area is 166 Å². The monoisotopic (exact) mass is 384 g/mol. The van der Waals surface area contributed by atoms with Gasteiger partial charge in [-0.3, -0.25) is 19.1 Å². The maximum atomic E-state index is 12.6. The fourth-order valence-electron chi connectivity index (χ4n) is 3.97. The molecule has 2 aromatic rings. The molecule has 1 saturated heterocycles. The molecule has 3 rings (SSSR count). The van der Waals surface area contributed by atoms with Crippen molar-refractivity contribution < 1.29 is 4.79 Å². The van der Waals surface area contributed by atoms with Crippen molar-refractivity contribution in [1.29, 1.82) is 0 Å². The standard InChI is InChI=1S/C22H32N4O2/c1-16-7-6-11-26(13-16)22(3,4)14-23-19(27)10-12-25-15-24-20-17(2)8-5-9-18(20)21(25)28/h5,8-9,15-16H,6-7,10-14H2,1-4H3,(H,23,27). The predicted molar refractivity (Wildman–Crippen MR) is 112 cm³/mol. The smallest absolute Gasteiger partial charge is 0.261 e. The Balaban J connectivity index is 1.56. The number of hydrogen-bond donors (Lipinski definition) is 1. The van der Waals surface area contributed by atoms with Gasteiger partial charge in [0.1, 0.15) is 0 Å². The molecular weight excluding hydrogens is 352 g/mol. The zero-order valence-electron chi connectivity index (χ0n) is 17.5. The molecule has 6 heteroatoms. The van der Waals surface area contributed by atoms with Crippen LogP contribution in [0.25, 0.3) is 10.9 Å². The Morgan fingerprint density at radius 1 is 1.36 bits per heavy atom. The average molecular weight is 385 g/mol. The number of fused-ring (bicyclic) bond motifs is 1. The van der Waals surface area contributed by atoms with E-state index in [1.165, 1.54) is 17.4 Å². The molecule has 0 radical (unpaired) electrons. The van der Waals surface area contributed by atoms with Crippen LogP contribution in [0.3, 0.4) is 0 Å². The van der Waals surface area contributed by atoms with Gasteiger partial charge in [-0.15, -0.1) is 0 Å². The number of carbonyl (C=O) groups is 1. The highest BCUT2D eigenvalue weighted by atomic mass is 16.2. The minimum Gasteiger partial charge on any atom is -0.354 e. The van der Waals surface area contributed by atoms with Crippen molar-refractivity contribution in [2.75, 3.05) is 19.6 Å². The van der Waals surface area contributed by atoms with Gasteiger partial charge in [0.05, 0.1) is 17.2 Å². The van der Waals surface area contributed by atoms with Crippen LogP contribution in [0.15, 0.2) is 29.3 Å². The van der Waals surface area contributed by atoms with Crippen LogP contribution in [0.1, 0.15) is 45.6 Å². The van der Waals surface area contributed by atoms with Gasteiger partial charge in [-0.2, -0.15) is 0 Å². The Bertz CT molecular complexity index is 903. The molecule has 0 spiro atoms. The number of rotatable bonds is 6. The molecule has 1 aliphatic heterocycles. The third-order valence-electron chi connectivity index (χ3n) is 5.87. The van der Waals surface area contributed by atoms with Crippen LogP contribution in [0.5, 0.6) is 0 Å². The topological polar surface area (TPSA) is 67.2 Å². The van der Waals surface area contributed by atoms with E-state index < -0.39 is 0 Å². The molecule has 152 valence electrons. The van der Waals surface area contributed by atoms with Gasteiger partial charge in [-0.25, -0.2) is 4.98 Å². The van der Waals surface area contributed by atoms with Crippen molar-refractivity contribution >= 4 is 16.8 Å². The third-order valence-corrected chi connectivity index (χ3v) is 5.87. The van der Waals surface area contributed by atoms with Crippen molar-refractivity contribution in [2.24, 2.45) is 5.92 Å². The maximum absolute atomic E-state index is 12.6. The lowest BCUT2D eigenvalue weighted by atomic mass is 9.93. The summed E-state index contributed by atoms with van der Waals surface area (Å²) in [5.74, 6) is 0.675. The van der Waals surface area contributed by atoms with Crippen molar-refractivity contribution in [3.63, 3.8) is 0 Å². The number of carbonyl (C=O) groups excluding carboxylic acids is 1. The summed E-state index contributed by atoms with van der Waals surface area (Å²) >= 11 is 0. The Morgan fingerprint density at radius 3 is 2.89 bits per heavy atom. The molecular formula is C22H32N4O2. The summed E-state index contributed by atoms with van der Waals surface area (Å²) in [7, 11) is 0. The Morgan fingerprint density at radius 2 is 2.14 bits per heavy atom. The van der Waals surface area contributed by atoms with Gasteiger partial charge in [0, 0.05) is 31.6 Å². The summed E-state index contributed by atoms with van der Waals surface area (Å²) in [4.78, 5) is 31.9. The fourth-order valence-corrected chi connectivity index (χ4v) is 3.97. The molecule has 2 heterocycles. The van der Waals surface area contributed by atoms with E-state index in [4.69, 9.17) is 0 Å². The Kier molecular flexibility index (Phi) is 6.18. The van der Waals surface area contributed by atoms with Crippen LogP contribution >= 0.6 is 0 Å². The molecule has 6 nitrogen and oxygen atoms in total. The number of aromatic nitrogens is 2. The highest BCUT2D eigenvalue weighted by Crippen LogP contribution is 2.23. The van der Waals surface area contributed by atoms with Gasteiger partial charge in [-0.1, -0.05) is 19.1 Å². The van der Waals surface area contributed by atoms with Gasteiger partial charge in [0.25, 0.3) is 5.56 Å². The van der Waals surface area contributed by atoms with Crippen LogP contribution in [0.4, 0.5) is 0 Å². The van der Waals surface area contributed by atoms with Gasteiger partial charge in [-0.05, 0) is 57.7 Å². The van der Waals surface area contributed by atoms with Crippen molar-refractivity contribution in [2.45, 2.75) is 59.0 Å². The van der Waals surface area contributed by atoms with Crippen LogP contribution in [-0.4, -0.2) is 45.5 Å². The first kappa shape index (κ1) is 20.5. The zero-order valence-corrected chi connectivity index (χ0v) is 17.5. The number of para-hydroxylation sites is 1. The summed E-state index contributed by atoms with van der Waals surface area (Å²) in [6.07, 6.45) is 4.32. The number of aryl methyl sites for hydroxylation is 2. The van der Waals surface area contributed by atoms with Crippen molar-refractivity contribution in [3.05, 3.63) is 40.4 Å². The molecule has 1 atom stereocenters. The van der Waals surface area contributed by atoms with Gasteiger partial charge >= 0.3 is 0 Å². The molecule has 0 bridgehead atoms. The van der Waals surface area contributed by atoms with Crippen LogP contribution < -0.4 is 10.9 Å². The molecule has 1 aromatic heterocycles. The SMILES string of the molecule is Cc1cccc2c(=O)n(CCC(=O)NCC(C)(C)N3CCCC(C)C3)cnc12. The van der Waals surface area contributed by atoms with Crippen LogP contribution in [-0.2, 0) is 11.3 Å². The summed E-state index contributed by atoms with van der Waals surface area (Å²) in [5, 5.41) is 3.65. The molecule has 1 aliphatic rings. The second-order valence-corrected chi connectivity index (χ2v) is 8.75. The quantitative estimate of drug-likeness (QED) is 0.832. The molecule has 1 amide bonds. The molecule has 1 aromatic carbocycles. The lowest BCUT2D eigenvalue weighted by Crippen LogP contribution is -2.54. The summed E-state index contributed by atoms with van der Waals surface area (Å²) in [5.41, 5.74) is 1.55. The largest absolute Gasteiger partial charge is 0.354 e. The van der Waals surface area contributed by atoms with Crippen LogP contribution in [0, 0.1) is 12.8 Å². The highest BCUT2D eigenvalue weighted by molar-refractivity contribution is 5.80.